The molecular formula is C14H26N2O3. The van der Waals surface area contributed by atoms with Gasteiger partial charge in [0, 0.05) is 13.2 Å². The highest BCUT2D eigenvalue weighted by molar-refractivity contribution is 5.99. The van der Waals surface area contributed by atoms with Crippen molar-refractivity contribution in [2.75, 3.05) is 19.8 Å². The first kappa shape index (κ1) is 16.0. The summed E-state index contributed by atoms with van der Waals surface area (Å²) in [6.45, 7) is 9.32. The second-order valence-electron chi connectivity index (χ2n) is 4.90. The summed E-state index contributed by atoms with van der Waals surface area (Å²) in [6, 6.07) is -0.362. The Labute approximate surface area is 115 Å². The van der Waals surface area contributed by atoms with Gasteiger partial charge in [-0.1, -0.05) is 20.8 Å². The molecule has 1 atom stereocenters. The number of ether oxygens (including phenoxy) is 1. The molecule has 1 heterocycles. The second kappa shape index (κ2) is 6.89. The standard InChI is InChI=1S/C14H26N2O3/c1-5-11-12(17)15-14(6-2,7-3)13(18)16(11)9-10-19-8-4/h11H,5-10H2,1-4H3,(H,15,17). The van der Waals surface area contributed by atoms with Crippen LogP contribution in [0.3, 0.4) is 0 Å². The molecule has 0 aromatic carbocycles. The van der Waals surface area contributed by atoms with E-state index in [0.29, 0.717) is 39.0 Å². The Hall–Kier alpha value is -1.10. The van der Waals surface area contributed by atoms with Crippen LogP contribution in [-0.2, 0) is 14.3 Å². The molecule has 110 valence electrons. The summed E-state index contributed by atoms with van der Waals surface area (Å²) in [5, 5.41) is 2.93. The van der Waals surface area contributed by atoms with Gasteiger partial charge in [-0.3, -0.25) is 9.59 Å². The zero-order valence-electron chi connectivity index (χ0n) is 12.5. The van der Waals surface area contributed by atoms with Crippen LogP contribution in [-0.4, -0.2) is 48.1 Å². The van der Waals surface area contributed by atoms with Crippen LogP contribution < -0.4 is 5.32 Å². The van der Waals surface area contributed by atoms with Crippen LogP contribution in [0, 0.1) is 0 Å². The van der Waals surface area contributed by atoms with Crippen LogP contribution in [0.5, 0.6) is 0 Å². The molecule has 0 aromatic heterocycles. The molecule has 1 N–H and O–H groups in total. The van der Waals surface area contributed by atoms with Crippen LogP contribution in [0.15, 0.2) is 0 Å². The molecule has 1 fully saturated rings. The van der Waals surface area contributed by atoms with E-state index >= 15 is 0 Å². The van der Waals surface area contributed by atoms with E-state index in [-0.39, 0.29) is 17.9 Å². The maximum absolute atomic E-state index is 12.7. The van der Waals surface area contributed by atoms with Gasteiger partial charge in [-0.05, 0) is 26.2 Å². The molecular weight excluding hydrogens is 244 g/mol. The Morgan fingerprint density at radius 1 is 1.21 bits per heavy atom. The first-order valence-corrected chi connectivity index (χ1v) is 7.27. The Morgan fingerprint density at radius 2 is 1.84 bits per heavy atom. The largest absolute Gasteiger partial charge is 0.380 e. The van der Waals surface area contributed by atoms with Crippen molar-refractivity contribution in [2.45, 2.75) is 58.5 Å². The average Bonchev–Trinajstić information content (AvgIpc) is 2.42. The summed E-state index contributed by atoms with van der Waals surface area (Å²) in [5.74, 6) is -0.00838. The van der Waals surface area contributed by atoms with Crippen molar-refractivity contribution < 1.29 is 14.3 Å². The summed E-state index contributed by atoms with van der Waals surface area (Å²) in [7, 11) is 0. The Morgan fingerprint density at radius 3 is 2.32 bits per heavy atom. The Balaban J connectivity index is 2.92. The van der Waals surface area contributed by atoms with Crippen molar-refractivity contribution >= 4 is 11.8 Å². The second-order valence-corrected chi connectivity index (χ2v) is 4.90. The number of nitrogens with one attached hydrogen (secondary N) is 1. The van der Waals surface area contributed by atoms with Gasteiger partial charge in [-0.25, -0.2) is 0 Å². The third kappa shape index (κ3) is 3.08. The van der Waals surface area contributed by atoms with Gasteiger partial charge in [-0.15, -0.1) is 0 Å². The third-order valence-corrected chi connectivity index (χ3v) is 3.99. The van der Waals surface area contributed by atoms with E-state index in [2.05, 4.69) is 5.32 Å². The molecule has 1 rings (SSSR count). The van der Waals surface area contributed by atoms with E-state index in [1.54, 1.807) is 4.90 Å². The number of hydrogen-bond donors (Lipinski definition) is 1. The number of nitrogens with zero attached hydrogens (tertiary/aromatic N) is 1. The van der Waals surface area contributed by atoms with E-state index in [1.165, 1.54) is 0 Å². The van der Waals surface area contributed by atoms with Crippen molar-refractivity contribution in [2.24, 2.45) is 0 Å². The zero-order chi connectivity index (χ0) is 14.5. The monoisotopic (exact) mass is 270 g/mol. The summed E-state index contributed by atoms with van der Waals surface area (Å²) in [5.41, 5.74) is -0.727. The van der Waals surface area contributed by atoms with Crippen LogP contribution >= 0.6 is 0 Å². The lowest BCUT2D eigenvalue weighted by atomic mass is 9.86. The number of rotatable bonds is 7. The molecule has 1 saturated heterocycles. The molecule has 19 heavy (non-hydrogen) atoms. The van der Waals surface area contributed by atoms with Crippen molar-refractivity contribution in [3.8, 4) is 0 Å². The molecule has 2 amide bonds. The van der Waals surface area contributed by atoms with Gasteiger partial charge in [0.15, 0.2) is 0 Å². The van der Waals surface area contributed by atoms with Gasteiger partial charge in [0.25, 0.3) is 0 Å². The number of carbonyl (C=O) groups excluding carboxylic acids is 2. The van der Waals surface area contributed by atoms with Gasteiger partial charge in [0.2, 0.25) is 11.8 Å². The number of hydrogen-bond acceptors (Lipinski definition) is 3. The third-order valence-electron chi connectivity index (χ3n) is 3.99. The molecule has 1 aliphatic rings. The Bertz CT molecular complexity index is 327. The lowest BCUT2D eigenvalue weighted by Gasteiger charge is -2.45. The molecule has 0 aromatic rings. The van der Waals surface area contributed by atoms with Crippen molar-refractivity contribution in [1.82, 2.24) is 10.2 Å². The molecule has 0 saturated carbocycles. The average molecular weight is 270 g/mol. The van der Waals surface area contributed by atoms with E-state index in [0.717, 1.165) is 0 Å². The maximum Gasteiger partial charge on any atom is 0.249 e. The highest BCUT2D eigenvalue weighted by Gasteiger charge is 2.47. The molecule has 0 bridgehead atoms. The van der Waals surface area contributed by atoms with E-state index in [4.69, 9.17) is 4.74 Å². The molecule has 5 nitrogen and oxygen atoms in total. The molecule has 0 aliphatic carbocycles. The SMILES string of the molecule is CCOCCN1C(=O)C(CC)(CC)NC(=O)C1CC. The van der Waals surface area contributed by atoms with E-state index in [9.17, 15) is 9.59 Å². The normalized spacial score (nSPS) is 22.5. The quantitative estimate of drug-likeness (QED) is 0.710. The maximum atomic E-state index is 12.7. The summed E-state index contributed by atoms with van der Waals surface area (Å²) in [6.07, 6.45) is 1.87. The summed E-state index contributed by atoms with van der Waals surface area (Å²) in [4.78, 5) is 26.6. The van der Waals surface area contributed by atoms with Gasteiger partial charge < -0.3 is 15.0 Å². The molecule has 0 spiro atoms. The van der Waals surface area contributed by atoms with Gasteiger partial charge in [0.05, 0.1) is 6.61 Å². The molecule has 1 unspecified atom stereocenters. The van der Waals surface area contributed by atoms with E-state index in [1.807, 2.05) is 27.7 Å². The Kier molecular flexibility index (Phi) is 5.79. The number of amides is 2. The fourth-order valence-electron chi connectivity index (χ4n) is 2.63. The minimum atomic E-state index is -0.727. The van der Waals surface area contributed by atoms with Crippen LogP contribution in [0.1, 0.15) is 47.0 Å². The van der Waals surface area contributed by atoms with Crippen molar-refractivity contribution in [1.29, 1.82) is 0 Å². The predicted octanol–water partition coefficient (Wildman–Crippen LogP) is 1.32. The smallest absolute Gasteiger partial charge is 0.249 e. The molecule has 1 aliphatic heterocycles. The van der Waals surface area contributed by atoms with Crippen LogP contribution in [0.2, 0.25) is 0 Å². The molecule has 0 radical (unpaired) electrons. The highest BCUT2D eigenvalue weighted by atomic mass is 16.5. The van der Waals surface area contributed by atoms with Gasteiger partial charge in [0.1, 0.15) is 11.6 Å². The highest BCUT2D eigenvalue weighted by Crippen LogP contribution is 2.25. The minimum Gasteiger partial charge on any atom is -0.380 e. The first-order valence-electron chi connectivity index (χ1n) is 7.27. The first-order chi connectivity index (χ1) is 9.06. The summed E-state index contributed by atoms with van der Waals surface area (Å²) < 4.78 is 5.32. The predicted molar refractivity (Wildman–Crippen MR) is 73.7 cm³/mol. The zero-order valence-corrected chi connectivity index (χ0v) is 12.5. The van der Waals surface area contributed by atoms with Crippen molar-refractivity contribution in [3.63, 3.8) is 0 Å². The topological polar surface area (TPSA) is 58.6 Å². The van der Waals surface area contributed by atoms with Crippen LogP contribution in [0.4, 0.5) is 0 Å². The fourth-order valence-corrected chi connectivity index (χ4v) is 2.63. The van der Waals surface area contributed by atoms with Gasteiger partial charge >= 0.3 is 0 Å². The fraction of sp³-hybridized carbons (Fsp3) is 0.857. The summed E-state index contributed by atoms with van der Waals surface area (Å²) >= 11 is 0. The minimum absolute atomic E-state index is 0.0312. The van der Waals surface area contributed by atoms with E-state index < -0.39 is 5.54 Å². The van der Waals surface area contributed by atoms with Crippen molar-refractivity contribution in [3.05, 3.63) is 0 Å². The van der Waals surface area contributed by atoms with Crippen LogP contribution in [0.25, 0.3) is 0 Å². The lowest BCUT2D eigenvalue weighted by Crippen LogP contribution is -2.70. The number of piperazine rings is 1. The molecule has 5 heteroatoms. The lowest BCUT2D eigenvalue weighted by molar-refractivity contribution is -0.156. The number of carbonyl (C=O) groups is 2. The van der Waals surface area contributed by atoms with Gasteiger partial charge in [-0.2, -0.15) is 0 Å².